The van der Waals surface area contributed by atoms with Gasteiger partial charge in [-0.15, -0.1) is 0 Å². The van der Waals surface area contributed by atoms with Gasteiger partial charge in [-0.2, -0.15) is 0 Å². The van der Waals surface area contributed by atoms with E-state index in [-0.39, 0.29) is 6.61 Å². The van der Waals surface area contributed by atoms with Crippen LogP contribution in [-0.2, 0) is 9.47 Å². The number of ether oxygens (including phenoxy) is 2. The van der Waals surface area contributed by atoms with E-state index in [2.05, 4.69) is 4.74 Å². The van der Waals surface area contributed by atoms with Gasteiger partial charge in [-0.1, -0.05) is 0 Å². The molecule has 1 aliphatic heterocycles. The van der Waals surface area contributed by atoms with Gasteiger partial charge in [0.05, 0.1) is 6.61 Å². The minimum absolute atomic E-state index is 0.321. The van der Waals surface area contributed by atoms with Crippen LogP contribution in [0.5, 0.6) is 0 Å². The smallest absolute Gasteiger partial charge is 0.186 e. The van der Waals surface area contributed by atoms with Gasteiger partial charge in [0.2, 0.25) is 0 Å². The molecule has 0 aromatic rings. The zero-order chi connectivity index (χ0) is 8.43. The average molecular weight is 164 g/mol. The van der Waals surface area contributed by atoms with Crippen molar-refractivity contribution in [2.24, 2.45) is 0 Å². The number of aliphatic hydroxyl groups excluding tert-OH is 3. The normalized spacial score (nSPS) is 44.7. The Hall–Kier alpha value is -0.200. The lowest BCUT2D eigenvalue weighted by Crippen LogP contribution is -2.34. The molecular weight excluding hydrogens is 152 g/mol. The summed E-state index contributed by atoms with van der Waals surface area (Å²) in [4.78, 5) is 0. The highest BCUT2D eigenvalue weighted by Gasteiger charge is 2.42. The Balaban J connectivity index is 2.53. The van der Waals surface area contributed by atoms with Crippen LogP contribution in [0.15, 0.2) is 0 Å². The number of rotatable bonds is 2. The summed E-state index contributed by atoms with van der Waals surface area (Å²) in [7, 11) is 1.36. The van der Waals surface area contributed by atoms with Crippen molar-refractivity contribution in [3.8, 4) is 0 Å². The van der Waals surface area contributed by atoms with Crippen LogP contribution in [0.3, 0.4) is 0 Å². The summed E-state index contributed by atoms with van der Waals surface area (Å²) in [6.45, 7) is -0.321. The molecule has 66 valence electrons. The first-order valence-electron chi connectivity index (χ1n) is 3.36. The Morgan fingerprint density at radius 3 is 2.27 bits per heavy atom. The molecule has 1 saturated heterocycles. The minimum Gasteiger partial charge on any atom is -0.394 e. The first-order chi connectivity index (χ1) is 5.20. The molecule has 0 aliphatic carbocycles. The lowest BCUT2D eigenvalue weighted by molar-refractivity contribution is -0.153. The lowest BCUT2D eigenvalue weighted by Gasteiger charge is -2.11. The molecule has 0 amide bonds. The maximum atomic E-state index is 9.15. The second-order valence-electron chi connectivity index (χ2n) is 2.44. The van der Waals surface area contributed by atoms with E-state index in [1.807, 2.05) is 0 Å². The van der Waals surface area contributed by atoms with Crippen molar-refractivity contribution in [2.45, 2.75) is 24.6 Å². The largest absolute Gasteiger partial charge is 0.394 e. The molecule has 0 aromatic carbocycles. The SMILES string of the molecule is COC1O[C@@H](CO)C(O)[C@H]1O. The summed E-state index contributed by atoms with van der Waals surface area (Å²) < 4.78 is 9.59. The van der Waals surface area contributed by atoms with Crippen LogP contribution in [0.1, 0.15) is 0 Å². The highest BCUT2D eigenvalue weighted by atomic mass is 16.7. The fourth-order valence-corrected chi connectivity index (χ4v) is 1.06. The predicted molar refractivity (Wildman–Crippen MR) is 34.8 cm³/mol. The molecule has 4 atom stereocenters. The third-order valence-electron chi connectivity index (χ3n) is 1.73. The zero-order valence-electron chi connectivity index (χ0n) is 6.17. The molecule has 3 N–H and O–H groups in total. The van der Waals surface area contributed by atoms with Crippen LogP contribution >= 0.6 is 0 Å². The van der Waals surface area contributed by atoms with E-state index in [0.29, 0.717) is 0 Å². The molecule has 5 nitrogen and oxygen atoms in total. The second kappa shape index (κ2) is 3.46. The molecule has 1 heterocycles. The molecular formula is C6H12O5. The highest BCUT2D eigenvalue weighted by Crippen LogP contribution is 2.20. The van der Waals surface area contributed by atoms with Crippen LogP contribution in [-0.4, -0.2) is 53.6 Å². The Morgan fingerprint density at radius 1 is 1.36 bits per heavy atom. The minimum atomic E-state index is -1.07. The van der Waals surface area contributed by atoms with Crippen molar-refractivity contribution in [3.63, 3.8) is 0 Å². The van der Waals surface area contributed by atoms with Crippen molar-refractivity contribution in [1.82, 2.24) is 0 Å². The first-order valence-corrected chi connectivity index (χ1v) is 3.36. The summed E-state index contributed by atoms with van der Waals surface area (Å²) in [5.74, 6) is 0. The molecule has 2 unspecified atom stereocenters. The molecule has 0 radical (unpaired) electrons. The lowest BCUT2D eigenvalue weighted by atomic mass is 10.1. The summed E-state index contributed by atoms with van der Waals surface area (Å²) in [6.07, 6.45) is -3.71. The standard InChI is InChI=1S/C6H12O5/c1-10-6-5(9)4(8)3(2-7)11-6/h3-9H,2H2,1H3/t3-,4?,5+,6?/m0/s1. The first kappa shape index (κ1) is 8.89. The van der Waals surface area contributed by atoms with Crippen molar-refractivity contribution < 1.29 is 24.8 Å². The summed E-state index contributed by atoms with van der Waals surface area (Å²) in [5, 5.41) is 26.9. The molecule has 1 fully saturated rings. The topological polar surface area (TPSA) is 79.2 Å². The second-order valence-corrected chi connectivity index (χ2v) is 2.44. The van der Waals surface area contributed by atoms with Crippen molar-refractivity contribution in [2.75, 3.05) is 13.7 Å². The van der Waals surface area contributed by atoms with Crippen molar-refractivity contribution >= 4 is 0 Å². The predicted octanol–water partition coefficient (Wildman–Crippen LogP) is -1.93. The molecule has 1 rings (SSSR count). The fourth-order valence-electron chi connectivity index (χ4n) is 1.06. The van der Waals surface area contributed by atoms with Gasteiger partial charge >= 0.3 is 0 Å². The van der Waals surface area contributed by atoms with E-state index >= 15 is 0 Å². The van der Waals surface area contributed by atoms with E-state index in [1.165, 1.54) is 7.11 Å². The summed E-state index contributed by atoms with van der Waals surface area (Å²) in [6, 6.07) is 0. The Morgan fingerprint density at radius 2 is 2.00 bits per heavy atom. The van der Waals surface area contributed by atoms with Gasteiger partial charge in [-0.25, -0.2) is 0 Å². The maximum absolute atomic E-state index is 9.15. The zero-order valence-corrected chi connectivity index (χ0v) is 6.17. The van der Waals surface area contributed by atoms with Crippen LogP contribution < -0.4 is 0 Å². The van der Waals surface area contributed by atoms with E-state index in [0.717, 1.165) is 0 Å². The van der Waals surface area contributed by atoms with Gasteiger partial charge in [-0.3, -0.25) is 0 Å². The number of aliphatic hydroxyl groups is 3. The number of methoxy groups -OCH3 is 1. The van der Waals surface area contributed by atoms with E-state index in [9.17, 15) is 0 Å². The van der Waals surface area contributed by atoms with E-state index in [1.54, 1.807) is 0 Å². The van der Waals surface area contributed by atoms with Crippen LogP contribution in [0, 0.1) is 0 Å². The third-order valence-corrected chi connectivity index (χ3v) is 1.73. The Labute approximate surface area is 64.2 Å². The molecule has 5 heteroatoms. The quantitative estimate of drug-likeness (QED) is 0.443. The van der Waals surface area contributed by atoms with Gasteiger partial charge in [0.25, 0.3) is 0 Å². The molecule has 11 heavy (non-hydrogen) atoms. The molecule has 0 spiro atoms. The monoisotopic (exact) mass is 164 g/mol. The van der Waals surface area contributed by atoms with E-state index in [4.69, 9.17) is 20.1 Å². The third kappa shape index (κ3) is 1.52. The van der Waals surface area contributed by atoms with E-state index < -0.39 is 24.6 Å². The van der Waals surface area contributed by atoms with Crippen molar-refractivity contribution in [3.05, 3.63) is 0 Å². The van der Waals surface area contributed by atoms with Crippen LogP contribution in [0.25, 0.3) is 0 Å². The molecule has 0 aromatic heterocycles. The van der Waals surface area contributed by atoms with Gasteiger partial charge < -0.3 is 24.8 Å². The molecule has 0 bridgehead atoms. The molecule has 1 aliphatic rings. The van der Waals surface area contributed by atoms with Gasteiger partial charge in [0.1, 0.15) is 18.3 Å². The van der Waals surface area contributed by atoms with Gasteiger partial charge in [-0.05, 0) is 0 Å². The van der Waals surface area contributed by atoms with Gasteiger partial charge in [0, 0.05) is 7.11 Å². The maximum Gasteiger partial charge on any atom is 0.186 e. The van der Waals surface area contributed by atoms with Crippen molar-refractivity contribution in [1.29, 1.82) is 0 Å². The molecule has 0 saturated carbocycles. The summed E-state index contributed by atoms with van der Waals surface area (Å²) >= 11 is 0. The number of hydrogen-bond acceptors (Lipinski definition) is 5. The van der Waals surface area contributed by atoms with Gasteiger partial charge in [0.15, 0.2) is 6.29 Å². The Bertz CT molecular complexity index is 110. The average Bonchev–Trinajstić information content (AvgIpc) is 2.30. The highest BCUT2D eigenvalue weighted by molar-refractivity contribution is 4.85. The van der Waals surface area contributed by atoms with Crippen LogP contribution in [0.2, 0.25) is 0 Å². The number of hydrogen-bond donors (Lipinski definition) is 3. The summed E-state index contributed by atoms with van der Waals surface area (Å²) in [5.41, 5.74) is 0. The Kier molecular flexibility index (Phi) is 2.80. The fraction of sp³-hybridized carbons (Fsp3) is 1.00. The van der Waals surface area contributed by atoms with Crippen LogP contribution in [0.4, 0.5) is 0 Å².